The van der Waals surface area contributed by atoms with Gasteiger partial charge in [-0.3, -0.25) is 0 Å². The summed E-state index contributed by atoms with van der Waals surface area (Å²) in [6.07, 6.45) is 4.59. The Kier molecular flexibility index (Phi) is 5.91. The number of hydrogen-bond acceptors (Lipinski definition) is 2. The first-order chi connectivity index (χ1) is 9.65. The lowest BCUT2D eigenvalue weighted by molar-refractivity contribution is 0.339. The summed E-state index contributed by atoms with van der Waals surface area (Å²) in [5.74, 6) is 1.85. The van der Waals surface area contributed by atoms with Crippen LogP contribution in [0.4, 0.5) is 0 Å². The zero-order chi connectivity index (χ0) is 14.5. The van der Waals surface area contributed by atoms with E-state index in [0.29, 0.717) is 6.04 Å². The maximum atomic E-state index is 5.90. The molecule has 1 aliphatic heterocycles. The molecular weight excluding hydrogens is 314 g/mol. The van der Waals surface area contributed by atoms with Crippen molar-refractivity contribution in [2.75, 3.05) is 13.2 Å². The summed E-state index contributed by atoms with van der Waals surface area (Å²) in [5.41, 5.74) is 2.68. The fourth-order valence-corrected chi connectivity index (χ4v) is 3.29. The SMILES string of the molecule is CCCNC(CC(C)CC)c1cc(Br)cc2c1OCC2. The Morgan fingerprint density at radius 1 is 1.35 bits per heavy atom. The van der Waals surface area contributed by atoms with E-state index in [-0.39, 0.29) is 0 Å². The van der Waals surface area contributed by atoms with Crippen molar-refractivity contribution in [2.24, 2.45) is 5.92 Å². The Balaban J connectivity index is 2.27. The second-order valence-corrected chi connectivity index (χ2v) is 6.75. The van der Waals surface area contributed by atoms with Gasteiger partial charge in [0.2, 0.25) is 0 Å². The quantitative estimate of drug-likeness (QED) is 0.765. The van der Waals surface area contributed by atoms with Gasteiger partial charge in [-0.25, -0.2) is 0 Å². The zero-order valence-corrected chi connectivity index (χ0v) is 14.4. The van der Waals surface area contributed by atoms with Crippen LogP contribution in [-0.4, -0.2) is 13.2 Å². The van der Waals surface area contributed by atoms with Gasteiger partial charge < -0.3 is 10.1 Å². The van der Waals surface area contributed by atoms with Crippen LogP contribution < -0.4 is 10.1 Å². The first-order valence-corrected chi connectivity index (χ1v) is 8.63. The van der Waals surface area contributed by atoms with Crippen LogP contribution >= 0.6 is 15.9 Å². The molecule has 2 unspecified atom stereocenters. The number of fused-ring (bicyclic) bond motifs is 1. The minimum absolute atomic E-state index is 0.397. The molecule has 1 N–H and O–H groups in total. The predicted octanol–water partition coefficient (Wildman–Crippen LogP) is 4.86. The third kappa shape index (κ3) is 3.76. The highest BCUT2D eigenvalue weighted by molar-refractivity contribution is 9.10. The topological polar surface area (TPSA) is 21.3 Å². The molecule has 2 atom stereocenters. The smallest absolute Gasteiger partial charge is 0.127 e. The van der Waals surface area contributed by atoms with Crippen LogP contribution in [-0.2, 0) is 6.42 Å². The van der Waals surface area contributed by atoms with Gasteiger partial charge in [0.1, 0.15) is 5.75 Å². The first kappa shape index (κ1) is 15.8. The van der Waals surface area contributed by atoms with Crippen molar-refractivity contribution in [3.8, 4) is 5.75 Å². The van der Waals surface area contributed by atoms with Crippen LogP contribution in [0.1, 0.15) is 57.2 Å². The molecule has 0 bridgehead atoms. The van der Waals surface area contributed by atoms with E-state index in [1.165, 1.54) is 28.4 Å². The third-order valence-electron chi connectivity index (χ3n) is 4.13. The van der Waals surface area contributed by atoms with E-state index < -0.39 is 0 Å². The number of nitrogens with one attached hydrogen (secondary N) is 1. The predicted molar refractivity (Wildman–Crippen MR) is 88.4 cm³/mol. The molecule has 0 aliphatic carbocycles. The van der Waals surface area contributed by atoms with Crippen LogP contribution in [0.25, 0.3) is 0 Å². The maximum absolute atomic E-state index is 5.90. The minimum atomic E-state index is 0.397. The van der Waals surface area contributed by atoms with Gasteiger partial charge in [0.05, 0.1) is 6.61 Å². The Morgan fingerprint density at radius 3 is 2.85 bits per heavy atom. The average Bonchev–Trinajstić information content (AvgIpc) is 2.90. The molecule has 112 valence electrons. The van der Waals surface area contributed by atoms with Crippen molar-refractivity contribution in [2.45, 2.75) is 52.5 Å². The summed E-state index contributed by atoms with van der Waals surface area (Å²) in [7, 11) is 0. The number of benzene rings is 1. The van der Waals surface area contributed by atoms with Crippen LogP contribution in [0.2, 0.25) is 0 Å². The van der Waals surface area contributed by atoms with Crippen molar-refractivity contribution < 1.29 is 4.74 Å². The molecule has 0 aromatic heterocycles. The summed E-state index contributed by atoms with van der Waals surface area (Å²) in [6.45, 7) is 8.70. The summed E-state index contributed by atoms with van der Waals surface area (Å²) in [6, 6.07) is 4.83. The van der Waals surface area contributed by atoms with Crippen molar-refractivity contribution >= 4 is 15.9 Å². The van der Waals surface area contributed by atoms with Gasteiger partial charge in [0, 0.05) is 22.5 Å². The van der Waals surface area contributed by atoms with Crippen LogP contribution in [0.5, 0.6) is 5.75 Å². The van der Waals surface area contributed by atoms with Gasteiger partial charge in [0.15, 0.2) is 0 Å². The maximum Gasteiger partial charge on any atom is 0.127 e. The molecule has 0 fully saturated rings. The first-order valence-electron chi connectivity index (χ1n) is 7.84. The van der Waals surface area contributed by atoms with Crippen molar-refractivity contribution in [3.05, 3.63) is 27.7 Å². The average molecular weight is 340 g/mol. The molecule has 1 aromatic carbocycles. The van der Waals surface area contributed by atoms with E-state index in [9.17, 15) is 0 Å². The number of hydrogen-bond donors (Lipinski definition) is 1. The Morgan fingerprint density at radius 2 is 2.15 bits per heavy atom. The summed E-state index contributed by atoms with van der Waals surface area (Å²) < 4.78 is 7.07. The summed E-state index contributed by atoms with van der Waals surface area (Å²) in [4.78, 5) is 0. The summed E-state index contributed by atoms with van der Waals surface area (Å²) >= 11 is 3.65. The van der Waals surface area contributed by atoms with E-state index in [1.807, 2.05) is 0 Å². The van der Waals surface area contributed by atoms with Gasteiger partial charge in [-0.15, -0.1) is 0 Å². The molecule has 0 spiro atoms. The normalized spacial score (nSPS) is 16.6. The van der Waals surface area contributed by atoms with E-state index in [0.717, 1.165) is 37.7 Å². The van der Waals surface area contributed by atoms with Crippen LogP contribution in [0.3, 0.4) is 0 Å². The summed E-state index contributed by atoms with van der Waals surface area (Å²) in [5, 5.41) is 3.71. The Hall–Kier alpha value is -0.540. The van der Waals surface area contributed by atoms with Gasteiger partial charge in [-0.05, 0) is 43.0 Å². The highest BCUT2D eigenvalue weighted by Crippen LogP contribution is 2.38. The lowest BCUT2D eigenvalue weighted by atomic mass is 9.92. The fourth-order valence-electron chi connectivity index (χ4n) is 2.76. The molecular formula is C17H26BrNO. The lowest BCUT2D eigenvalue weighted by Crippen LogP contribution is -2.24. The molecule has 0 radical (unpaired) electrons. The molecule has 0 saturated carbocycles. The second kappa shape index (κ2) is 7.46. The molecule has 1 aliphatic rings. The molecule has 0 saturated heterocycles. The van der Waals surface area contributed by atoms with Crippen molar-refractivity contribution in [3.63, 3.8) is 0 Å². The van der Waals surface area contributed by atoms with E-state index in [2.05, 4.69) is 54.2 Å². The van der Waals surface area contributed by atoms with Gasteiger partial charge >= 0.3 is 0 Å². The molecule has 2 rings (SSSR count). The van der Waals surface area contributed by atoms with Crippen molar-refractivity contribution in [1.29, 1.82) is 0 Å². The Labute approximate surface area is 131 Å². The van der Waals surface area contributed by atoms with E-state index >= 15 is 0 Å². The molecule has 1 aromatic rings. The highest BCUT2D eigenvalue weighted by Gasteiger charge is 2.24. The fraction of sp³-hybridized carbons (Fsp3) is 0.647. The van der Waals surface area contributed by atoms with Gasteiger partial charge in [0.25, 0.3) is 0 Å². The highest BCUT2D eigenvalue weighted by atomic mass is 79.9. The molecule has 3 heteroatoms. The largest absolute Gasteiger partial charge is 0.493 e. The number of rotatable bonds is 7. The Bertz CT molecular complexity index is 447. The second-order valence-electron chi connectivity index (χ2n) is 5.84. The molecule has 0 amide bonds. The van der Waals surface area contributed by atoms with E-state index in [4.69, 9.17) is 4.74 Å². The molecule has 20 heavy (non-hydrogen) atoms. The van der Waals surface area contributed by atoms with Gasteiger partial charge in [-0.1, -0.05) is 43.1 Å². The molecule has 1 heterocycles. The zero-order valence-electron chi connectivity index (χ0n) is 12.8. The van der Waals surface area contributed by atoms with Crippen molar-refractivity contribution in [1.82, 2.24) is 5.32 Å². The standard InChI is InChI=1S/C17H26BrNO/c1-4-7-19-16(9-12(3)5-2)15-11-14(18)10-13-6-8-20-17(13)15/h10-12,16,19H,4-9H2,1-3H3. The minimum Gasteiger partial charge on any atom is -0.493 e. The lowest BCUT2D eigenvalue weighted by Gasteiger charge is -2.24. The van der Waals surface area contributed by atoms with Crippen LogP contribution in [0.15, 0.2) is 16.6 Å². The third-order valence-corrected chi connectivity index (χ3v) is 4.59. The molecule has 2 nitrogen and oxygen atoms in total. The van der Waals surface area contributed by atoms with Gasteiger partial charge in [-0.2, -0.15) is 0 Å². The number of halogens is 1. The monoisotopic (exact) mass is 339 g/mol. The van der Waals surface area contributed by atoms with Crippen LogP contribution in [0, 0.1) is 5.92 Å². The number of ether oxygens (including phenoxy) is 1. The van der Waals surface area contributed by atoms with E-state index in [1.54, 1.807) is 0 Å².